The highest BCUT2D eigenvalue weighted by molar-refractivity contribution is 6.33. The molecule has 6 nitrogen and oxygen atoms in total. The number of carbonyl (C=O) groups is 2. The summed E-state index contributed by atoms with van der Waals surface area (Å²) in [6, 6.07) is 8.00. The Balaban J connectivity index is 1.65. The van der Waals surface area contributed by atoms with Crippen LogP contribution in [0.1, 0.15) is 57.7 Å². The monoisotopic (exact) mass is 522 g/mol. The number of amidine groups is 1. The van der Waals surface area contributed by atoms with Gasteiger partial charge in [-0.1, -0.05) is 43.2 Å². The van der Waals surface area contributed by atoms with Crippen LogP contribution in [-0.2, 0) is 15.0 Å². The van der Waals surface area contributed by atoms with E-state index in [9.17, 15) is 14.0 Å². The van der Waals surface area contributed by atoms with E-state index in [0.29, 0.717) is 46.5 Å². The topological polar surface area (TPSA) is 65.9 Å². The largest absolute Gasteiger partial charge is 0.349 e. The molecule has 0 bridgehead atoms. The molecule has 2 aliphatic heterocycles. The zero-order valence-corrected chi connectivity index (χ0v) is 22.3. The fourth-order valence-electron chi connectivity index (χ4n) is 6.21. The number of amides is 2. The molecule has 1 aliphatic carbocycles. The molecule has 37 heavy (non-hydrogen) atoms. The third-order valence-corrected chi connectivity index (χ3v) is 8.67. The molecule has 0 N–H and O–H groups in total. The molecule has 3 heterocycles. The Labute approximate surface area is 222 Å². The summed E-state index contributed by atoms with van der Waals surface area (Å²) in [6.07, 6.45) is 5.28. The van der Waals surface area contributed by atoms with E-state index in [-0.39, 0.29) is 29.8 Å². The number of rotatable bonds is 3. The van der Waals surface area contributed by atoms with Crippen LogP contribution < -0.4 is 0 Å². The standard InChI is InChI=1S/C29H32ClFN4O2/c1-5-24(36)34-15-18(3)35(16-17(34)2)27-21-14-22(30)25(20-12-8-9-13-23(20)31)32-26(21)29(4,28(37)33-27)19-10-6-7-11-19/h5,8-9,12-14,17-19H,1,6-7,10-11,15-16H2,2-4H3. The highest BCUT2D eigenvalue weighted by Gasteiger charge is 2.51. The Morgan fingerprint density at radius 1 is 1.16 bits per heavy atom. The Hall–Kier alpha value is -3.06. The molecule has 0 radical (unpaired) electrons. The van der Waals surface area contributed by atoms with Gasteiger partial charge in [0.2, 0.25) is 5.91 Å². The van der Waals surface area contributed by atoms with Gasteiger partial charge in [-0.15, -0.1) is 0 Å². The molecule has 1 aromatic carbocycles. The molecule has 1 aromatic heterocycles. The fraction of sp³-hybridized carbons (Fsp3) is 0.448. The Kier molecular flexibility index (Phi) is 6.69. The average molecular weight is 523 g/mol. The summed E-state index contributed by atoms with van der Waals surface area (Å²) in [5, 5.41) is 0.306. The summed E-state index contributed by atoms with van der Waals surface area (Å²) in [6.45, 7) is 10.5. The summed E-state index contributed by atoms with van der Waals surface area (Å²) in [7, 11) is 0. The van der Waals surface area contributed by atoms with Gasteiger partial charge in [-0.3, -0.25) is 9.59 Å². The first-order chi connectivity index (χ1) is 17.7. The van der Waals surface area contributed by atoms with Crippen LogP contribution in [0.15, 0.2) is 48.0 Å². The van der Waals surface area contributed by atoms with E-state index in [1.165, 1.54) is 12.1 Å². The Morgan fingerprint density at radius 3 is 2.54 bits per heavy atom. The minimum atomic E-state index is -0.921. The van der Waals surface area contributed by atoms with Crippen molar-refractivity contribution in [3.05, 3.63) is 65.1 Å². The van der Waals surface area contributed by atoms with Crippen molar-refractivity contribution < 1.29 is 14.0 Å². The second-order valence-electron chi connectivity index (χ2n) is 10.7. The maximum Gasteiger partial charge on any atom is 0.259 e. The number of aliphatic imine (C=N–C) groups is 1. The lowest BCUT2D eigenvalue weighted by Crippen LogP contribution is -2.60. The predicted octanol–water partition coefficient (Wildman–Crippen LogP) is 5.38. The van der Waals surface area contributed by atoms with Crippen LogP contribution in [0.25, 0.3) is 11.3 Å². The van der Waals surface area contributed by atoms with Gasteiger partial charge in [-0.25, -0.2) is 9.37 Å². The van der Waals surface area contributed by atoms with Crippen molar-refractivity contribution in [3.8, 4) is 11.3 Å². The molecule has 3 atom stereocenters. The molecule has 3 unspecified atom stereocenters. The lowest BCUT2D eigenvalue weighted by atomic mass is 9.69. The van der Waals surface area contributed by atoms with E-state index in [1.807, 2.05) is 20.8 Å². The second-order valence-corrected chi connectivity index (χ2v) is 11.1. The van der Waals surface area contributed by atoms with Gasteiger partial charge in [0.1, 0.15) is 11.7 Å². The third-order valence-electron chi connectivity index (χ3n) is 8.38. The number of aromatic nitrogens is 1. The second kappa shape index (κ2) is 9.67. The SMILES string of the molecule is C=CC(=O)N1CC(C)N(C2=NC(=O)C(C)(C3CCCC3)c3nc(-c4ccccc4F)c(Cl)cc32)CC1C. The smallest absolute Gasteiger partial charge is 0.259 e. The van der Waals surface area contributed by atoms with Crippen LogP contribution in [0.4, 0.5) is 4.39 Å². The number of hydrogen-bond donors (Lipinski definition) is 0. The predicted molar refractivity (Wildman–Crippen MR) is 143 cm³/mol. The van der Waals surface area contributed by atoms with Gasteiger partial charge >= 0.3 is 0 Å². The summed E-state index contributed by atoms with van der Waals surface area (Å²) in [4.78, 5) is 39.8. The Morgan fingerprint density at radius 2 is 1.86 bits per heavy atom. The van der Waals surface area contributed by atoms with Crippen molar-refractivity contribution in [2.45, 2.75) is 64.0 Å². The van der Waals surface area contributed by atoms with Crippen molar-refractivity contribution in [2.75, 3.05) is 13.1 Å². The number of hydrogen-bond acceptors (Lipinski definition) is 4. The molecule has 1 saturated carbocycles. The number of pyridine rings is 1. The van der Waals surface area contributed by atoms with E-state index < -0.39 is 11.2 Å². The zero-order chi connectivity index (χ0) is 26.5. The van der Waals surface area contributed by atoms with Crippen LogP contribution >= 0.6 is 11.6 Å². The highest BCUT2D eigenvalue weighted by Crippen LogP contribution is 2.47. The van der Waals surface area contributed by atoms with Crippen LogP contribution in [0, 0.1) is 11.7 Å². The van der Waals surface area contributed by atoms with E-state index in [1.54, 1.807) is 29.2 Å². The van der Waals surface area contributed by atoms with E-state index in [4.69, 9.17) is 16.6 Å². The average Bonchev–Trinajstić information content (AvgIpc) is 3.43. The molecule has 194 valence electrons. The number of carbonyl (C=O) groups excluding carboxylic acids is 2. The molecule has 2 amide bonds. The maximum absolute atomic E-state index is 14.8. The number of halogens is 2. The first-order valence-corrected chi connectivity index (χ1v) is 13.3. The van der Waals surface area contributed by atoms with Crippen molar-refractivity contribution in [1.82, 2.24) is 14.8 Å². The molecule has 3 aliphatic rings. The number of piperazine rings is 1. The molecular weight excluding hydrogens is 491 g/mol. The van der Waals surface area contributed by atoms with E-state index in [2.05, 4.69) is 16.5 Å². The molecule has 1 saturated heterocycles. The van der Waals surface area contributed by atoms with Crippen molar-refractivity contribution in [2.24, 2.45) is 10.9 Å². The fourth-order valence-corrected chi connectivity index (χ4v) is 6.46. The first-order valence-electron chi connectivity index (χ1n) is 13.0. The molecular formula is C29H32ClFN4O2. The van der Waals surface area contributed by atoms with Crippen LogP contribution in [0.5, 0.6) is 0 Å². The van der Waals surface area contributed by atoms with Gasteiger partial charge < -0.3 is 9.80 Å². The maximum atomic E-state index is 14.8. The van der Waals surface area contributed by atoms with Crippen molar-refractivity contribution >= 4 is 29.3 Å². The minimum Gasteiger partial charge on any atom is -0.349 e. The van der Waals surface area contributed by atoms with E-state index >= 15 is 0 Å². The normalized spacial score (nSPS) is 26.2. The van der Waals surface area contributed by atoms with Gasteiger partial charge in [0, 0.05) is 36.3 Å². The van der Waals surface area contributed by atoms with Crippen LogP contribution in [-0.4, -0.2) is 57.6 Å². The summed E-state index contributed by atoms with van der Waals surface area (Å²) >= 11 is 6.76. The lowest BCUT2D eigenvalue weighted by Gasteiger charge is -2.47. The molecule has 8 heteroatoms. The summed E-state index contributed by atoms with van der Waals surface area (Å²) < 4.78 is 14.8. The summed E-state index contributed by atoms with van der Waals surface area (Å²) in [5.41, 5.74) is 1.04. The first kappa shape index (κ1) is 25.6. The van der Waals surface area contributed by atoms with Crippen molar-refractivity contribution in [1.29, 1.82) is 0 Å². The van der Waals surface area contributed by atoms with Gasteiger partial charge in [0.15, 0.2) is 0 Å². The molecule has 2 fully saturated rings. The van der Waals surface area contributed by atoms with E-state index in [0.717, 1.165) is 25.7 Å². The van der Waals surface area contributed by atoms with Gasteiger partial charge in [-0.05, 0) is 63.8 Å². The number of benzene rings is 1. The van der Waals surface area contributed by atoms with Gasteiger partial charge in [0.05, 0.1) is 21.8 Å². The molecule has 2 aromatic rings. The number of fused-ring (bicyclic) bond motifs is 1. The Bertz CT molecular complexity index is 1300. The highest BCUT2D eigenvalue weighted by atomic mass is 35.5. The quantitative estimate of drug-likeness (QED) is 0.507. The van der Waals surface area contributed by atoms with Crippen LogP contribution in [0.2, 0.25) is 5.02 Å². The minimum absolute atomic E-state index is 0.0969. The van der Waals surface area contributed by atoms with Crippen LogP contribution in [0.3, 0.4) is 0 Å². The molecule has 5 rings (SSSR count). The lowest BCUT2D eigenvalue weighted by molar-refractivity contribution is -0.131. The zero-order valence-electron chi connectivity index (χ0n) is 21.5. The van der Waals surface area contributed by atoms with Gasteiger partial charge in [-0.2, -0.15) is 4.99 Å². The van der Waals surface area contributed by atoms with Crippen molar-refractivity contribution in [3.63, 3.8) is 0 Å². The molecule has 0 spiro atoms. The van der Waals surface area contributed by atoms with Gasteiger partial charge in [0.25, 0.3) is 5.91 Å². The summed E-state index contributed by atoms with van der Waals surface area (Å²) in [5.74, 6) is -0.129. The third kappa shape index (κ3) is 4.17. The number of nitrogens with zero attached hydrogens (tertiary/aromatic N) is 4.